The molecule has 16 heavy (non-hydrogen) atoms. The molecule has 3 aliphatic carbocycles. The first-order chi connectivity index (χ1) is 7.86. The van der Waals surface area contributed by atoms with Crippen molar-refractivity contribution in [2.75, 3.05) is 6.54 Å². The Hall–Kier alpha value is -0.0400. The number of hydrogen-bond acceptors (Lipinski definition) is 1. The summed E-state index contributed by atoms with van der Waals surface area (Å²) in [7, 11) is 0. The molecule has 3 rings (SSSR count). The predicted octanol–water partition coefficient (Wildman–Crippen LogP) is 3.59. The van der Waals surface area contributed by atoms with Crippen LogP contribution in [0.2, 0.25) is 0 Å². The van der Waals surface area contributed by atoms with Crippen molar-refractivity contribution in [2.24, 2.45) is 23.7 Å². The minimum Gasteiger partial charge on any atom is -0.314 e. The topological polar surface area (TPSA) is 12.0 Å². The van der Waals surface area contributed by atoms with E-state index in [9.17, 15) is 0 Å². The van der Waals surface area contributed by atoms with Crippen molar-refractivity contribution < 1.29 is 0 Å². The van der Waals surface area contributed by atoms with E-state index in [0.717, 1.165) is 29.7 Å². The predicted molar refractivity (Wildman–Crippen MR) is 68.4 cm³/mol. The highest BCUT2D eigenvalue weighted by Crippen LogP contribution is 2.51. The Kier molecular flexibility index (Phi) is 3.24. The minimum absolute atomic E-state index is 0.879. The second-order valence-electron chi connectivity index (χ2n) is 6.57. The molecule has 3 aliphatic rings. The van der Waals surface area contributed by atoms with Crippen LogP contribution in [0, 0.1) is 23.7 Å². The number of rotatable bonds is 6. The van der Waals surface area contributed by atoms with E-state index in [1.54, 1.807) is 25.7 Å². The lowest BCUT2D eigenvalue weighted by Gasteiger charge is -2.27. The SMILES string of the molecule is CCCNC(CC1CC2CCC1C2)C1CC1. The standard InChI is InChI=1S/C15H27N/c1-2-7-16-15(12-5-6-12)10-14-9-11-3-4-13(14)8-11/h11-16H,2-10H2,1H3. The molecule has 0 heterocycles. The number of nitrogens with one attached hydrogen (secondary N) is 1. The molecule has 4 atom stereocenters. The third-order valence-corrected chi connectivity index (χ3v) is 5.29. The van der Waals surface area contributed by atoms with Crippen LogP contribution >= 0.6 is 0 Å². The maximum absolute atomic E-state index is 3.82. The monoisotopic (exact) mass is 221 g/mol. The Morgan fingerprint density at radius 2 is 2.00 bits per heavy atom. The molecule has 0 aromatic carbocycles. The molecule has 1 nitrogen and oxygen atoms in total. The van der Waals surface area contributed by atoms with Gasteiger partial charge in [0, 0.05) is 6.04 Å². The van der Waals surface area contributed by atoms with E-state index in [1.807, 2.05) is 0 Å². The van der Waals surface area contributed by atoms with E-state index in [-0.39, 0.29) is 0 Å². The van der Waals surface area contributed by atoms with Crippen LogP contribution in [0.15, 0.2) is 0 Å². The average Bonchev–Trinajstić information content (AvgIpc) is 2.94. The fraction of sp³-hybridized carbons (Fsp3) is 1.00. The summed E-state index contributed by atoms with van der Waals surface area (Å²) >= 11 is 0. The van der Waals surface area contributed by atoms with Gasteiger partial charge in [0.25, 0.3) is 0 Å². The maximum Gasteiger partial charge on any atom is 0.00980 e. The normalized spacial score (nSPS) is 39.2. The third kappa shape index (κ3) is 2.30. The molecule has 3 fully saturated rings. The van der Waals surface area contributed by atoms with Crippen molar-refractivity contribution in [3.05, 3.63) is 0 Å². The van der Waals surface area contributed by atoms with Crippen LogP contribution in [0.25, 0.3) is 0 Å². The van der Waals surface area contributed by atoms with Crippen LogP contribution in [0.5, 0.6) is 0 Å². The molecule has 1 N–H and O–H groups in total. The van der Waals surface area contributed by atoms with Crippen molar-refractivity contribution in [3.63, 3.8) is 0 Å². The van der Waals surface area contributed by atoms with Gasteiger partial charge in [0.2, 0.25) is 0 Å². The zero-order valence-electron chi connectivity index (χ0n) is 10.8. The summed E-state index contributed by atoms with van der Waals surface area (Å²) in [6.07, 6.45) is 12.1. The first kappa shape index (κ1) is 11.1. The van der Waals surface area contributed by atoms with Crippen molar-refractivity contribution in [3.8, 4) is 0 Å². The molecule has 2 bridgehead atoms. The highest BCUT2D eigenvalue weighted by Gasteiger charge is 2.42. The van der Waals surface area contributed by atoms with Gasteiger partial charge in [-0.25, -0.2) is 0 Å². The van der Waals surface area contributed by atoms with Crippen LogP contribution in [0.1, 0.15) is 58.3 Å². The molecule has 1 heteroatoms. The van der Waals surface area contributed by atoms with E-state index < -0.39 is 0 Å². The summed E-state index contributed by atoms with van der Waals surface area (Å²) in [4.78, 5) is 0. The molecular weight excluding hydrogens is 194 g/mol. The molecule has 0 aliphatic heterocycles. The summed E-state index contributed by atoms with van der Waals surface area (Å²) in [5, 5.41) is 3.82. The fourth-order valence-electron chi connectivity index (χ4n) is 4.26. The first-order valence-corrected chi connectivity index (χ1v) is 7.60. The van der Waals surface area contributed by atoms with Crippen LogP contribution < -0.4 is 5.32 Å². The molecule has 3 saturated carbocycles. The van der Waals surface area contributed by atoms with Gasteiger partial charge in [-0.1, -0.05) is 13.3 Å². The molecule has 0 amide bonds. The van der Waals surface area contributed by atoms with Crippen LogP contribution in [-0.4, -0.2) is 12.6 Å². The van der Waals surface area contributed by atoms with E-state index in [4.69, 9.17) is 0 Å². The Labute approximate surface area is 100 Å². The van der Waals surface area contributed by atoms with Crippen molar-refractivity contribution in [1.29, 1.82) is 0 Å². The zero-order valence-corrected chi connectivity index (χ0v) is 10.8. The Balaban J connectivity index is 1.51. The van der Waals surface area contributed by atoms with Crippen molar-refractivity contribution in [1.82, 2.24) is 5.32 Å². The van der Waals surface area contributed by atoms with E-state index >= 15 is 0 Å². The van der Waals surface area contributed by atoms with Gasteiger partial charge in [0.15, 0.2) is 0 Å². The Morgan fingerprint density at radius 1 is 1.12 bits per heavy atom. The van der Waals surface area contributed by atoms with Gasteiger partial charge in [-0.3, -0.25) is 0 Å². The Bertz CT molecular complexity index is 234. The maximum atomic E-state index is 3.82. The quantitative estimate of drug-likeness (QED) is 0.723. The fourth-order valence-corrected chi connectivity index (χ4v) is 4.26. The lowest BCUT2D eigenvalue weighted by atomic mass is 9.83. The number of fused-ring (bicyclic) bond motifs is 2. The lowest BCUT2D eigenvalue weighted by molar-refractivity contribution is 0.266. The minimum atomic E-state index is 0.879. The molecule has 92 valence electrons. The van der Waals surface area contributed by atoms with Crippen molar-refractivity contribution >= 4 is 0 Å². The molecule has 0 radical (unpaired) electrons. The molecule has 4 unspecified atom stereocenters. The Morgan fingerprint density at radius 3 is 2.56 bits per heavy atom. The van der Waals surface area contributed by atoms with E-state index in [2.05, 4.69) is 12.2 Å². The third-order valence-electron chi connectivity index (χ3n) is 5.29. The molecule has 0 aromatic rings. The molecular formula is C15H27N. The zero-order chi connectivity index (χ0) is 11.0. The van der Waals surface area contributed by atoms with Gasteiger partial charge in [-0.05, 0) is 75.2 Å². The molecule has 0 aromatic heterocycles. The molecule has 0 spiro atoms. The highest BCUT2D eigenvalue weighted by molar-refractivity contribution is 4.95. The van der Waals surface area contributed by atoms with Gasteiger partial charge in [-0.2, -0.15) is 0 Å². The second-order valence-corrected chi connectivity index (χ2v) is 6.57. The van der Waals surface area contributed by atoms with E-state index in [1.165, 1.54) is 32.2 Å². The average molecular weight is 221 g/mol. The smallest absolute Gasteiger partial charge is 0.00980 e. The van der Waals surface area contributed by atoms with Crippen LogP contribution in [0.4, 0.5) is 0 Å². The first-order valence-electron chi connectivity index (χ1n) is 7.60. The van der Waals surface area contributed by atoms with Gasteiger partial charge in [0.05, 0.1) is 0 Å². The summed E-state index contributed by atoms with van der Waals surface area (Å²) in [5.74, 6) is 4.38. The van der Waals surface area contributed by atoms with E-state index in [0.29, 0.717) is 0 Å². The summed E-state index contributed by atoms with van der Waals surface area (Å²) in [6.45, 7) is 3.52. The largest absolute Gasteiger partial charge is 0.314 e. The number of hydrogen-bond donors (Lipinski definition) is 1. The van der Waals surface area contributed by atoms with Gasteiger partial charge in [0.1, 0.15) is 0 Å². The van der Waals surface area contributed by atoms with Gasteiger partial charge < -0.3 is 5.32 Å². The lowest BCUT2D eigenvalue weighted by Crippen LogP contribution is -2.34. The molecule has 0 saturated heterocycles. The highest BCUT2D eigenvalue weighted by atomic mass is 14.9. The van der Waals surface area contributed by atoms with Crippen LogP contribution in [-0.2, 0) is 0 Å². The second kappa shape index (κ2) is 4.68. The summed E-state index contributed by atoms with van der Waals surface area (Å²) < 4.78 is 0. The van der Waals surface area contributed by atoms with Gasteiger partial charge in [-0.15, -0.1) is 0 Å². The summed E-state index contributed by atoms with van der Waals surface area (Å²) in [5.41, 5.74) is 0. The van der Waals surface area contributed by atoms with Crippen molar-refractivity contribution in [2.45, 2.75) is 64.3 Å². The van der Waals surface area contributed by atoms with Gasteiger partial charge >= 0.3 is 0 Å². The summed E-state index contributed by atoms with van der Waals surface area (Å²) in [6, 6.07) is 0.879. The van der Waals surface area contributed by atoms with Crippen LogP contribution in [0.3, 0.4) is 0 Å².